The Bertz CT molecular complexity index is 1180. The monoisotopic (exact) mass is 440 g/mol. The third-order valence-corrected chi connectivity index (χ3v) is 6.56. The third kappa shape index (κ3) is 5.06. The Labute approximate surface area is 195 Å². The minimum atomic E-state index is 0.679. The van der Waals surface area contributed by atoms with E-state index in [1.807, 2.05) is 19.1 Å². The second-order valence-corrected chi connectivity index (χ2v) is 8.90. The van der Waals surface area contributed by atoms with Crippen LogP contribution < -0.4 is 10.6 Å². The summed E-state index contributed by atoms with van der Waals surface area (Å²) < 4.78 is 2.31. The fourth-order valence-electron chi connectivity index (χ4n) is 4.68. The topological polar surface area (TPSA) is 67.7 Å². The first-order valence-corrected chi connectivity index (χ1v) is 12.1. The molecule has 5 rings (SSSR count). The smallest absolute Gasteiger partial charge is 0.225 e. The van der Waals surface area contributed by atoms with Crippen LogP contribution in [-0.4, -0.2) is 39.2 Å². The number of aryl methyl sites for hydroxylation is 2. The first kappa shape index (κ1) is 21.6. The number of aromatic nitrogens is 4. The largest absolute Gasteiger partial charge is 0.354 e. The summed E-state index contributed by atoms with van der Waals surface area (Å²) in [6, 6.07) is 21.0. The summed E-state index contributed by atoms with van der Waals surface area (Å²) in [5, 5.41) is 6.91. The lowest BCUT2D eigenvalue weighted by Crippen LogP contribution is -2.28. The van der Waals surface area contributed by atoms with Gasteiger partial charge >= 0.3 is 0 Å². The van der Waals surface area contributed by atoms with Crippen LogP contribution in [0.4, 0.5) is 5.95 Å². The van der Waals surface area contributed by atoms with Gasteiger partial charge in [-0.15, -0.1) is 0 Å². The number of fused-ring (bicyclic) bond motifs is 1. The molecule has 0 unspecified atom stereocenters. The minimum Gasteiger partial charge on any atom is -0.354 e. The average molecular weight is 441 g/mol. The van der Waals surface area contributed by atoms with E-state index in [0.717, 1.165) is 73.2 Å². The van der Waals surface area contributed by atoms with Crippen molar-refractivity contribution in [2.75, 3.05) is 25.0 Å². The van der Waals surface area contributed by atoms with Crippen LogP contribution in [0.1, 0.15) is 30.5 Å². The zero-order valence-electron chi connectivity index (χ0n) is 19.3. The van der Waals surface area contributed by atoms with Crippen LogP contribution >= 0.6 is 0 Å². The number of benzene rings is 2. The second kappa shape index (κ2) is 10.1. The summed E-state index contributed by atoms with van der Waals surface area (Å²) in [7, 11) is 0. The van der Waals surface area contributed by atoms with E-state index in [1.54, 1.807) is 0 Å². The molecule has 0 aliphatic carbocycles. The van der Waals surface area contributed by atoms with Crippen LogP contribution in [0.3, 0.4) is 0 Å². The molecule has 0 radical (unpaired) electrons. The van der Waals surface area contributed by atoms with Gasteiger partial charge in [0.1, 0.15) is 11.3 Å². The van der Waals surface area contributed by atoms with Crippen LogP contribution in [0.2, 0.25) is 0 Å². The van der Waals surface area contributed by atoms with Crippen LogP contribution in [0.25, 0.3) is 22.6 Å². The van der Waals surface area contributed by atoms with Crippen molar-refractivity contribution < 1.29 is 0 Å². The maximum Gasteiger partial charge on any atom is 0.225 e. The lowest BCUT2D eigenvalue weighted by atomic mass is 9.95. The van der Waals surface area contributed by atoms with E-state index in [9.17, 15) is 0 Å². The van der Waals surface area contributed by atoms with Crippen molar-refractivity contribution in [1.29, 1.82) is 0 Å². The predicted molar refractivity (Wildman–Crippen MR) is 134 cm³/mol. The van der Waals surface area contributed by atoms with Crippen molar-refractivity contribution in [1.82, 2.24) is 24.8 Å². The minimum absolute atomic E-state index is 0.679. The Morgan fingerprint density at radius 2 is 1.67 bits per heavy atom. The first-order chi connectivity index (χ1) is 16.3. The molecule has 0 atom stereocenters. The van der Waals surface area contributed by atoms with Crippen LogP contribution in [0, 0.1) is 12.8 Å². The molecule has 6 nitrogen and oxygen atoms in total. The Morgan fingerprint density at radius 3 is 2.42 bits per heavy atom. The Hall–Kier alpha value is -3.25. The molecule has 0 bridgehead atoms. The van der Waals surface area contributed by atoms with Crippen molar-refractivity contribution >= 4 is 17.1 Å². The molecule has 2 N–H and O–H groups in total. The molecule has 2 aromatic carbocycles. The third-order valence-electron chi connectivity index (χ3n) is 6.56. The molecule has 2 aromatic heterocycles. The second-order valence-electron chi connectivity index (χ2n) is 8.90. The highest BCUT2D eigenvalue weighted by atomic mass is 15.2. The lowest BCUT2D eigenvalue weighted by molar-refractivity contribution is 0.339. The number of rotatable bonds is 8. The van der Waals surface area contributed by atoms with Gasteiger partial charge in [-0.25, -0.2) is 9.97 Å². The number of piperidine rings is 1. The summed E-state index contributed by atoms with van der Waals surface area (Å²) in [6.07, 6.45) is 4.57. The number of hydrogen-bond acceptors (Lipinski definition) is 5. The van der Waals surface area contributed by atoms with Crippen molar-refractivity contribution in [3.05, 3.63) is 71.9 Å². The molecule has 3 heterocycles. The molecule has 1 saturated heterocycles. The van der Waals surface area contributed by atoms with E-state index < -0.39 is 0 Å². The van der Waals surface area contributed by atoms with Gasteiger partial charge in [-0.1, -0.05) is 60.7 Å². The molecule has 1 aliphatic rings. The molecular formula is C27H32N6. The summed E-state index contributed by atoms with van der Waals surface area (Å²) in [6.45, 7) is 6.00. The van der Waals surface area contributed by atoms with Gasteiger partial charge in [-0.05, 0) is 57.2 Å². The molecule has 0 saturated carbocycles. The highest BCUT2D eigenvalue weighted by Gasteiger charge is 2.19. The van der Waals surface area contributed by atoms with Gasteiger partial charge in [-0.3, -0.25) is 0 Å². The zero-order chi connectivity index (χ0) is 22.5. The van der Waals surface area contributed by atoms with Crippen LogP contribution in [-0.2, 0) is 13.0 Å². The van der Waals surface area contributed by atoms with Crippen molar-refractivity contribution in [2.45, 2.75) is 39.2 Å². The molecule has 0 amide bonds. The van der Waals surface area contributed by atoms with Crippen molar-refractivity contribution in [3.8, 4) is 11.4 Å². The number of nitrogens with one attached hydrogen (secondary N) is 2. The standard InChI is InChI=1S/C27H32N6/c1-20-24-26(32-27(30-20)29-18-14-21-8-4-2-5-9-21)33(19-15-22-12-16-28-17-13-22)25(31-24)23-10-6-3-7-11-23/h2-11,22,28H,12-19H2,1H3,(H,29,30,32). The first-order valence-electron chi connectivity index (χ1n) is 12.1. The van der Waals surface area contributed by atoms with E-state index in [2.05, 4.69) is 63.7 Å². The molecule has 6 heteroatoms. The summed E-state index contributed by atoms with van der Waals surface area (Å²) >= 11 is 0. The molecule has 170 valence electrons. The number of hydrogen-bond donors (Lipinski definition) is 2. The summed E-state index contributed by atoms with van der Waals surface area (Å²) in [5.74, 6) is 2.41. The normalized spacial score (nSPS) is 14.6. The highest BCUT2D eigenvalue weighted by Crippen LogP contribution is 2.28. The average Bonchev–Trinajstić information content (AvgIpc) is 3.24. The maximum absolute atomic E-state index is 5.01. The van der Waals surface area contributed by atoms with Gasteiger partial charge in [0, 0.05) is 18.7 Å². The van der Waals surface area contributed by atoms with Crippen LogP contribution in [0.15, 0.2) is 60.7 Å². The van der Waals surface area contributed by atoms with Gasteiger partial charge in [0.15, 0.2) is 5.65 Å². The van der Waals surface area contributed by atoms with Crippen molar-refractivity contribution in [2.24, 2.45) is 5.92 Å². The Kier molecular flexibility index (Phi) is 6.63. The van der Waals surface area contributed by atoms with Gasteiger partial charge in [0.2, 0.25) is 5.95 Å². The Balaban J connectivity index is 1.43. The summed E-state index contributed by atoms with van der Waals surface area (Å²) in [4.78, 5) is 14.7. The highest BCUT2D eigenvalue weighted by molar-refractivity contribution is 5.80. The molecule has 1 aliphatic heterocycles. The number of nitrogens with zero attached hydrogens (tertiary/aromatic N) is 4. The van der Waals surface area contributed by atoms with Gasteiger partial charge in [-0.2, -0.15) is 4.98 Å². The van der Waals surface area contributed by atoms with E-state index in [0.29, 0.717) is 5.95 Å². The lowest BCUT2D eigenvalue weighted by Gasteiger charge is -2.23. The van der Waals surface area contributed by atoms with Gasteiger partial charge in [0.25, 0.3) is 0 Å². The fraction of sp³-hybridized carbons (Fsp3) is 0.370. The van der Waals surface area contributed by atoms with E-state index in [1.165, 1.54) is 18.4 Å². The molecule has 1 fully saturated rings. The number of anilines is 1. The van der Waals surface area contributed by atoms with Crippen LogP contribution in [0.5, 0.6) is 0 Å². The SMILES string of the molecule is Cc1nc(NCCc2ccccc2)nc2c1nc(-c1ccccc1)n2CCC1CCNCC1. The van der Waals surface area contributed by atoms with E-state index >= 15 is 0 Å². The van der Waals surface area contributed by atoms with E-state index in [4.69, 9.17) is 15.0 Å². The van der Waals surface area contributed by atoms with Gasteiger partial charge in [0.05, 0.1) is 5.69 Å². The number of imidazole rings is 1. The van der Waals surface area contributed by atoms with Crippen molar-refractivity contribution in [3.63, 3.8) is 0 Å². The maximum atomic E-state index is 5.01. The Morgan fingerprint density at radius 1 is 0.939 bits per heavy atom. The fourth-order valence-corrected chi connectivity index (χ4v) is 4.68. The van der Waals surface area contributed by atoms with Gasteiger partial charge < -0.3 is 15.2 Å². The molecule has 4 aromatic rings. The zero-order valence-corrected chi connectivity index (χ0v) is 19.3. The van der Waals surface area contributed by atoms with E-state index in [-0.39, 0.29) is 0 Å². The molecular weight excluding hydrogens is 408 g/mol. The molecule has 0 spiro atoms. The summed E-state index contributed by atoms with van der Waals surface area (Å²) in [5.41, 5.74) is 5.17. The predicted octanol–water partition coefficient (Wildman–Crippen LogP) is 4.85. The quantitative estimate of drug-likeness (QED) is 0.410. The molecule has 33 heavy (non-hydrogen) atoms.